The van der Waals surface area contributed by atoms with E-state index < -0.39 is 0 Å². The molecule has 0 radical (unpaired) electrons. The Balaban J connectivity index is 1.85. The van der Waals surface area contributed by atoms with E-state index in [9.17, 15) is 0 Å². The predicted molar refractivity (Wildman–Crippen MR) is 89.1 cm³/mol. The van der Waals surface area contributed by atoms with Gasteiger partial charge in [0, 0.05) is 38.8 Å². The van der Waals surface area contributed by atoms with Gasteiger partial charge in [0.2, 0.25) is 0 Å². The summed E-state index contributed by atoms with van der Waals surface area (Å²) in [5.41, 5.74) is 7.42. The first-order valence-electron chi connectivity index (χ1n) is 7.96. The predicted octanol–water partition coefficient (Wildman–Crippen LogP) is 2.19. The minimum atomic E-state index is 0.294. The number of hydrogen-bond acceptors (Lipinski definition) is 4. The van der Waals surface area contributed by atoms with Crippen LogP contribution in [0.2, 0.25) is 0 Å². The topological polar surface area (TPSA) is 41.7 Å². The van der Waals surface area contributed by atoms with Crippen molar-refractivity contribution in [2.24, 2.45) is 11.7 Å². The Bertz CT molecular complexity index is 428. The molecule has 4 nitrogen and oxygen atoms in total. The minimum absolute atomic E-state index is 0.294. The molecule has 4 heteroatoms. The second-order valence-corrected chi connectivity index (χ2v) is 6.35. The fourth-order valence-corrected chi connectivity index (χ4v) is 3.07. The molecule has 1 heterocycles. The van der Waals surface area contributed by atoms with Crippen molar-refractivity contribution in [1.29, 1.82) is 0 Å². The summed E-state index contributed by atoms with van der Waals surface area (Å²) >= 11 is 0. The highest BCUT2D eigenvalue weighted by molar-refractivity contribution is 5.58. The molecule has 1 fully saturated rings. The fourth-order valence-electron chi connectivity index (χ4n) is 3.07. The van der Waals surface area contributed by atoms with E-state index in [2.05, 4.69) is 35.8 Å². The number of nitrogens with zero attached hydrogens (tertiary/aromatic N) is 2. The van der Waals surface area contributed by atoms with Gasteiger partial charge in [-0.1, -0.05) is 26.0 Å². The van der Waals surface area contributed by atoms with E-state index in [0.717, 1.165) is 44.9 Å². The van der Waals surface area contributed by atoms with Gasteiger partial charge in [-0.15, -0.1) is 0 Å². The first-order chi connectivity index (χ1) is 10.1. The van der Waals surface area contributed by atoms with Crippen molar-refractivity contribution in [2.45, 2.75) is 26.3 Å². The van der Waals surface area contributed by atoms with Crippen LogP contribution >= 0.6 is 0 Å². The van der Waals surface area contributed by atoms with E-state index in [1.54, 1.807) is 7.11 Å². The van der Waals surface area contributed by atoms with Crippen molar-refractivity contribution in [2.75, 3.05) is 44.7 Å². The summed E-state index contributed by atoms with van der Waals surface area (Å²) in [6, 6.07) is 8.55. The highest BCUT2D eigenvalue weighted by Crippen LogP contribution is 2.28. The zero-order valence-electron chi connectivity index (χ0n) is 13.6. The monoisotopic (exact) mass is 291 g/mol. The molecular weight excluding hydrogens is 262 g/mol. The van der Waals surface area contributed by atoms with Gasteiger partial charge in [0.15, 0.2) is 0 Å². The Labute approximate surface area is 128 Å². The van der Waals surface area contributed by atoms with Crippen LogP contribution < -0.4 is 15.4 Å². The lowest BCUT2D eigenvalue weighted by molar-refractivity contribution is 0.232. The van der Waals surface area contributed by atoms with Crippen molar-refractivity contribution in [1.82, 2.24) is 4.90 Å². The molecule has 1 aliphatic heterocycles. The summed E-state index contributed by atoms with van der Waals surface area (Å²) in [6.45, 7) is 9.70. The Kier molecular flexibility index (Phi) is 5.88. The van der Waals surface area contributed by atoms with Crippen molar-refractivity contribution in [3.63, 3.8) is 0 Å². The number of methoxy groups -OCH3 is 1. The Morgan fingerprint density at radius 1 is 1.14 bits per heavy atom. The molecule has 0 bridgehead atoms. The molecule has 1 unspecified atom stereocenters. The van der Waals surface area contributed by atoms with Gasteiger partial charge in [-0.3, -0.25) is 4.90 Å². The summed E-state index contributed by atoms with van der Waals surface area (Å²) < 4.78 is 5.46. The number of piperazine rings is 1. The molecule has 0 aromatic heterocycles. The number of hydrogen-bond donors (Lipinski definition) is 1. The first-order valence-corrected chi connectivity index (χ1v) is 7.96. The quantitative estimate of drug-likeness (QED) is 0.872. The minimum Gasteiger partial charge on any atom is -0.495 e. The van der Waals surface area contributed by atoms with Crippen LogP contribution in [0.4, 0.5) is 5.69 Å². The molecule has 2 rings (SSSR count). The number of anilines is 1. The normalized spacial score (nSPS) is 18.0. The lowest BCUT2D eigenvalue weighted by Gasteiger charge is -2.37. The van der Waals surface area contributed by atoms with E-state index in [1.807, 2.05) is 12.1 Å². The molecule has 0 spiro atoms. The number of benzene rings is 1. The third-order valence-electron chi connectivity index (χ3n) is 4.07. The fraction of sp³-hybridized carbons (Fsp3) is 0.647. The molecule has 1 saturated heterocycles. The molecule has 0 aliphatic carbocycles. The highest BCUT2D eigenvalue weighted by Gasteiger charge is 2.20. The van der Waals surface area contributed by atoms with E-state index in [-0.39, 0.29) is 0 Å². The molecule has 21 heavy (non-hydrogen) atoms. The zero-order valence-corrected chi connectivity index (χ0v) is 13.6. The third kappa shape index (κ3) is 4.61. The molecule has 0 amide bonds. The van der Waals surface area contributed by atoms with Crippen LogP contribution in [0, 0.1) is 5.92 Å². The van der Waals surface area contributed by atoms with Crippen LogP contribution in [-0.4, -0.2) is 50.8 Å². The van der Waals surface area contributed by atoms with E-state index >= 15 is 0 Å². The average molecular weight is 291 g/mol. The molecule has 1 aromatic carbocycles. The van der Waals surface area contributed by atoms with Crippen molar-refractivity contribution in [3.05, 3.63) is 24.3 Å². The largest absolute Gasteiger partial charge is 0.495 e. The van der Waals surface area contributed by atoms with Gasteiger partial charge < -0.3 is 15.4 Å². The Morgan fingerprint density at radius 2 is 1.81 bits per heavy atom. The van der Waals surface area contributed by atoms with Gasteiger partial charge in [0.05, 0.1) is 12.8 Å². The molecule has 118 valence electrons. The standard InChI is InChI=1S/C17H29N3O/c1-14(2)12-15(18)13-19-8-10-20(11-9-19)16-6-4-5-7-17(16)21-3/h4-7,14-15H,8-13,18H2,1-3H3. The second-order valence-electron chi connectivity index (χ2n) is 6.35. The van der Waals surface area contributed by atoms with E-state index in [4.69, 9.17) is 10.5 Å². The van der Waals surface area contributed by atoms with Crippen molar-refractivity contribution < 1.29 is 4.74 Å². The zero-order chi connectivity index (χ0) is 15.2. The van der Waals surface area contributed by atoms with Gasteiger partial charge in [-0.2, -0.15) is 0 Å². The maximum atomic E-state index is 6.22. The number of ether oxygens (including phenoxy) is 1. The average Bonchev–Trinajstić information content (AvgIpc) is 2.47. The van der Waals surface area contributed by atoms with Gasteiger partial charge >= 0.3 is 0 Å². The van der Waals surface area contributed by atoms with Crippen LogP contribution in [0.5, 0.6) is 5.75 Å². The smallest absolute Gasteiger partial charge is 0.142 e. The molecular formula is C17H29N3O. The third-order valence-corrected chi connectivity index (χ3v) is 4.07. The molecule has 0 saturated carbocycles. The summed E-state index contributed by atoms with van der Waals surface area (Å²) in [6.07, 6.45) is 1.10. The molecule has 1 atom stereocenters. The molecule has 2 N–H and O–H groups in total. The van der Waals surface area contributed by atoms with Gasteiger partial charge in [-0.25, -0.2) is 0 Å². The van der Waals surface area contributed by atoms with Gasteiger partial charge in [0.25, 0.3) is 0 Å². The SMILES string of the molecule is COc1ccccc1N1CCN(CC(N)CC(C)C)CC1. The molecule has 1 aliphatic rings. The number of nitrogens with two attached hydrogens (primary N) is 1. The van der Waals surface area contributed by atoms with Crippen LogP contribution in [0.1, 0.15) is 20.3 Å². The van der Waals surface area contributed by atoms with Crippen molar-refractivity contribution >= 4 is 5.69 Å². The van der Waals surface area contributed by atoms with Gasteiger partial charge in [0.1, 0.15) is 5.75 Å². The van der Waals surface area contributed by atoms with Crippen molar-refractivity contribution in [3.8, 4) is 5.75 Å². The lowest BCUT2D eigenvalue weighted by atomic mass is 10.0. The highest BCUT2D eigenvalue weighted by atomic mass is 16.5. The van der Waals surface area contributed by atoms with E-state index in [0.29, 0.717) is 12.0 Å². The van der Waals surface area contributed by atoms with Crippen LogP contribution in [0.15, 0.2) is 24.3 Å². The number of rotatable bonds is 6. The summed E-state index contributed by atoms with van der Waals surface area (Å²) in [7, 11) is 1.74. The van der Waals surface area contributed by atoms with E-state index in [1.165, 1.54) is 5.69 Å². The second kappa shape index (κ2) is 7.66. The van der Waals surface area contributed by atoms with Crippen LogP contribution in [-0.2, 0) is 0 Å². The maximum Gasteiger partial charge on any atom is 0.142 e. The lowest BCUT2D eigenvalue weighted by Crippen LogP contribution is -2.50. The summed E-state index contributed by atoms with van der Waals surface area (Å²) in [4.78, 5) is 4.89. The van der Waals surface area contributed by atoms with Gasteiger partial charge in [-0.05, 0) is 24.5 Å². The summed E-state index contributed by atoms with van der Waals surface area (Å²) in [5.74, 6) is 1.64. The Hall–Kier alpha value is -1.26. The summed E-state index contributed by atoms with van der Waals surface area (Å²) in [5, 5.41) is 0. The molecule has 1 aromatic rings. The van der Waals surface area contributed by atoms with Crippen LogP contribution in [0.25, 0.3) is 0 Å². The first kappa shape index (κ1) is 16.1. The maximum absolute atomic E-state index is 6.22. The Morgan fingerprint density at radius 3 is 2.43 bits per heavy atom. The number of para-hydroxylation sites is 2. The van der Waals surface area contributed by atoms with Crippen LogP contribution in [0.3, 0.4) is 0 Å².